The van der Waals surface area contributed by atoms with Crippen molar-refractivity contribution in [2.45, 2.75) is 189 Å². The van der Waals surface area contributed by atoms with Gasteiger partial charge in [0.15, 0.2) is 60.6 Å². The molecule has 0 radical (unpaired) electrons. The van der Waals surface area contributed by atoms with Crippen LogP contribution < -0.4 is 81.9 Å². The Kier molecular flexibility index (Phi) is 38.0. The molecule has 14 heterocycles. The van der Waals surface area contributed by atoms with Crippen molar-refractivity contribution in [3.05, 3.63) is 139 Å². The smallest absolute Gasteiger partial charge is 0.351 e. The number of imidazole rings is 2. The molecule has 6 saturated heterocycles. The lowest BCUT2D eigenvalue weighted by atomic mass is 10.1. The van der Waals surface area contributed by atoms with Gasteiger partial charge >= 0.3 is 22.8 Å². The first-order chi connectivity index (χ1) is 68.9. The van der Waals surface area contributed by atoms with Crippen LogP contribution in [0.2, 0.25) is 0 Å². The second-order valence-corrected chi connectivity index (χ2v) is 44.0. The number of H-pyrrole nitrogens is 3. The van der Waals surface area contributed by atoms with E-state index in [1.54, 1.807) is 20.8 Å². The molecule has 6 aliphatic rings. The van der Waals surface area contributed by atoms with Gasteiger partial charge in [-0.1, -0.05) is 30.5 Å². The van der Waals surface area contributed by atoms with Gasteiger partial charge in [-0.25, -0.2) is 39.1 Å². The van der Waals surface area contributed by atoms with Crippen molar-refractivity contribution < 1.29 is 159 Å². The zero-order valence-corrected chi connectivity index (χ0v) is 85.6. The van der Waals surface area contributed by atoms with Crippen molar-refractivity contribution in [3.63, 3.8) is 0 Å². The van der Waals surface area contributed by atoms with Gasteiger partial charge in [-0.05, 0) is 34.1 Å². The van der Waals surface area contributed by atoms with Crippen molar-refractivity contribution in [1.29, 1.82) is 0 Å². The highest BCUT2D eigenvalue weighted by atomic mass is 32.7. The standard InChI is InChI=1S/C76H111N20O41P5S3/c1-11-39-40(22-46(127-39)91-23-35(2)59(77)85-73(91)101)133-140(109,143)125-30-44-51(55(118-18-13-113-7)68(129-44)93-25-37(4)64(98)89-75(93)103)135-138(105,106)122-28-42-50(56(119-19-14-114-8)70(131-42)95-33-83-47-61(79)81-32-82-62(47)95)134-139(107,108)123-29-43-52(58(121-21-16-116-10)71(132-43)96-34-84-48-63(96)87-72(80)88-66(48)100)136-142(111,145)126-31-45-53(57(120-20-15-115-9)69(130-45)94-26-38(5)65(99)90-76(94)104)137-141(110,144)124-27-41-49(97)54(117-17-12-112-6)67(128-41)92-24-36(3)60(78)86-74(92)102/h23-26,32-34,39-46,49-58,67-71,97H,11-22,27-31H2,1-10H3,(H,105,106)(H,107,108)(H,109,143)(H,110,144)(H,111,145)(H2,77,85,101)(H2,78,86,102)(H2,79,81,82)(H,89,98,103)(H,90,99,104)(H3,80,87,88,100)/p-5/t39-,40?,41-,42-,43-,44-,45-,46-,49?,50?,51?,52?,53?,54+,55+,56+,57+,58+,67-,68-,69-,70-,71-,140?,141?,142?/m1/s1. The SMILES string of the molecule is CC[C@H]1O[C@@H](n2cc(C)c(N)nc2=O)CC1OP([O-])(=S)OC[C@H]1O[C@@H](n2cc(C)c(=O)[nH]c2=O)[C@@H](OCCOC)C1OP(=O)([O-])OC[C@H]1O[C@@H](n2cnc3c(N)ncnc32)[C@@H](OCCOC)C1OP(=O)([O-])OC[C@H]1O[C@@H](n2cnc3c(=O)[nH]c(N)nc32)[C@@H](OCCOC)C1OP(=O)([S-])OC[C@H]1O[C@@H](n2cc(C)c(=O)[nH]c2=O)[C@@H](OCCOC)C1OP([O-])(=S)OC[C@H]1O[C@@H](n2cc(C)c(N)nc2=O)[C@@H](OCCOC)C1O. The summed E-state index contributed by atoms with van der Waals surface area (Å²) in [7, 11) is -5.77. The summed E-state index contributed by atoms with van der Waals surface area (Å²) < 4.78 is 207. The molecule has 61 nitrogen and oxygen atoms in total. The van der Waals surface area contributed by atoms with Crippen LogP contribution in [0.25, 0.3) is 22.3 Å². The molecule has 8 aromatic rings. The molecule has 6 fully saturated rings. The minimum absolute atomic E-state index is 0.0105. The maximum atomic E-state index is 15.6. The van der Waals surface area contributed by atoms with Crippen LogP contribution in [0, 0.1) is 27.7 Å². The number of nitrogen functional groups attached to an aromatic ring is 4. The number of aromatic nitrogens is 16. The Labute approximate surface area is 835 Å². The number of aliphatic hydroxyl groups excluding tert-OH is 1. The maximum absolute atomic E-state index is 15.6. The monoisotopic (exact) mass is 2210 g/mol. The summed E-state index contributed by atoms with van der Waals surface area (Å²) in [6.45, 7) is -16.0. The van der Waals surface area contributed by atoms with Gasteiger partial charge in [-0.2, -0.15) is 15.0 Å². The van der Waals surface area contributed by atoms with Crippen LogP contribution in [-0.2, 0) is 171 Å². The number of anilines is 4. The molecule has 11 unspecified atom stereocenters. The fourth-order valence-electron chi connectivity index (χ4n) is 16.4. The molecule has 12 N–H and O–H groups in total. The summed E-state index contributed by atoms with van der Waals surface area (Å²) >= 11 is 16.6. The third-order valence-corrected chi connectivity index (χ3v) is 30.0. The van der Waals surface area contributed by atoms with Crippen molar-refractivity contribution in [3.8, 4) is 0 Å². The fourth-order valence-corrected chi connectivity index (χ4v) is 22.6. The van der Waals surface area contributed by atoms with E-state index in [2.05, 4.69) is 49.8 Å². The van der Waals surface area contributed by atoms with E-state index in [1.807, 2.05) is 0 Å². The van der Waals surface area contributed by atoms with Gasteiger partial charge < -0.3 is 181 Å². The van der Waals surface area contributed by atoms with Crippen molar-refractivity contribution in [2.75, 3.05) is 158 Å². The number of ether oxygens (including phenoxy) is 16. The number of nitrogens with two attached hydrogens (primary N) is 4. The van der Waals surface area contributed by atoms with E-state index in [0.717, 1.165) is 54.2 Å². The molecule has 804 valence electrons. The molecule has 0 spiro atoms. The number of phosphoric acid groups is 2. The highest BCUT2D eigenvalue weighted by Crippen LogP contribution is 2.57. The molecule has 0 amide bonds. The number of phosphoric ester groups is 2. The van der Waals surface area contributed by atoms with Crippen molar-refractivity contribution >= 4 is 117 Å². The van der Waals surface area contributed by atoms with Gasteiger partial charge in [0, 0.05) is 89.0 Å². The van der Waals surface area contributed by atoms with E-state index in [1.165, 1.54) is 66.4 Å². The Morgan fingerprint density at radius 3 is 1.28 bits per heavy atom. The molecule has 0 aromatic carbocycles. The van der Waals surface area contributed by atoms with E-state index >= 15 is 23.5 Å². The van der Waals surface area contributed by atoms with Gasteiger partial charge in [0.25, 0.3) is 32.3 Å². The minimum atomic E-state index is -6.22. The molecule has 8 aromatic heterocycles. The molecule has 69 heteroatoms. The molecule has 145 heavy (non-hydrogen) atoms. The topological polar surface area (TPSA) is 794 Å². The van der Waals surface area contributed by atoms with Crippen LogP contribution in [0.1, 0.15) is 79.4 Å². The first-order valence-electron chi connectivity index (χ1n) is 44.2. The van der Waals surface area contributed by atoms with Gasteiger partial charge in [0.05, 0.1) is 124 Å². The van der Waals surface area contributed by atoms with Crippen LogP contribution >= 0.6 is 35.9 Å². The number of aromatic amines is 3. The fraction of sp³-hybridized carbons (Fsp3) is 0.658. The number of fused-ring (bicyclic) bond motifs is 2. The van der Waals surface area contributed by atoms with Crippen LogP contribution in [-0.4, -0.2) is 321 Å². The second-order valence-electron chi connectivity index (χ2n) is 33.2. The van der Waals surface area contributed by atoms with E-state index < -0.39 is 275 Å². The van der Waals surface area contributed by atoms with Gasteiger partial charge in [-0.15, -0.1) is 0 Å². The number of nitrogens with one attached hydrogen (secondary N) is 3. The predicted octanol–water partition coefficient (Wildman–Crippen LogP) is -4.39. The Balaban J connectivity index is 0.765. The quantitative estimate of drug-likeness (QED) is 0.0101. The Hall–Kier alpha value is -7.68. The van der Waals surface area contributed by atoms with Gasteiger partial charge in [-0.3, -0.25) is 70.4 Å². The van der Waals surface area contributed by atoms with E-state index in [4.69, 9.17) is 180 Å². The van der Waals surface area contributed by atoms with Gasteiger partial charge in [0.2, 0.25) is 5.95 Å². The number of rotatable bonds is 52. The van der Waals surface area contributed by atoms with E-state index in [0.29, 0.717) is 11.1 Å². The lowest BCUT2D eigenvalue weighted by Crippen LogP contribution is -2.42. The summed E-state index contributed by atoms with van der Waals surface area (Å²) in [5.74, 6) is -0.761. The summed E-state index contributed by atoms with van der Waals surface area (Å²) in [6, 6.07) is 0. The van der Waals surface area contributed by atoms with E-state index in [-0.39, 0.29) is 110 Å². The van der Waals surface area contributed by atoms with Crippen molar-refractivity contribution in [2.24, 2.45) is 0 Å². The Morgan fingerprint density at radius 1 is 0.421 bits per heavy atom. The number of hydrogen-bond acceptors (Lipinski definition) is 55. The molecule has 0 bridgehead atoms. The molecular weight excluding hydrogens is 2100 g/mol. The second kappa shape index (κ2) is 48.7. The lowest BCUT2D eigenvalue weighted by Gasteiger charge is -2.36. The number of nitrogens with zero attached hydrogens (tertiary/aromatic N) is 13. The Bertz CT molecular complexity index is 6570. The molecular formula is C76H106N20O41P5S3-5. The molecule has 0 saturated carbocycles. The molecule has 14 rings (SSSR count). The lowest BCUT2D eigenvalue weighted by molar-refractivity contribution is -0.241. The number of methoxy groups -OCH3 is 5. The summed E-state index contributed by atoms with van der Waals surface area (Å²) in [4.78, 5) is 189. The number of hydrogen-bond donors (Lipinski definition) is 8. The van der Waals surface area contributed by atoms with Crippen molar-refractivity contribution in [1.82, 2.24) is 77.2 Å². The zero-order chi connectivity index (χ0) is 105. The van der Waals surface area contributed by atoms with E-state index in [9.17, 15) is 48.5 Å². The van der Waals surface area contributed by atoms with Crippen LogP contribution in [0.15, 0.2) is 77.3 Å². The highest BCUT2D eigenvalue weighted by molar-refractivity contribution is 8.32. The summed E-state index contributed by atoms with van der Waals surface area (Å²) in [5, 5.41) is 11.8. The predicted molar refractivity (Wildman–Crippen MR) is 495 cm³/mol. The van der Waals surface area contributed by atoms with Crippen LogP contribution in [0.3, 0.4) is 0 Å². The zero-order valence-electron chi connectivity index (χ0n) is 78.7. The van der Waals surface area contributed by atoms with Crippen LogP contribution in [0.4, 0.5) is 23.4 Å². The molecule has 28 atom stereocenters. The normalized spacial score (nSPS) is 29.2. The number of aliphatic hydroxyl groups is 1. The maximum Gasteiger partial charge on any atom is 0.351 e. The van der Waals surface area contributed by atoms with Gasteiger partial charge in [0.1, 0.15) is 135 Å². The Morgan fingerprint density at radius 2 is 0.807 bits per heavy atom. The number of aryl methyl sites for hydroxylation is 4. The largest absolute Gasteiger partial charge is 0.780 e. The third-order valence-electron chi connectivity index (χ3n) is 23.4. The first-order valence-corrected chi connectivity index (χ1v) is 54.8. The highest BCUT2D eigenvalue weighted by Gasteiger charge is 2.57. The summed E-state index contributed by atoms with van der Waals surface area (Å²) in [6.07, 6.45) is -30.8. The van der Waals surface area contributed by atoms with Crippen LogP contribution in [0.5, 0.6) is 0 Å². The first kappa shape index (κ1) is 113. The summed E-state index contributed by atoms with van der Waals surface area (Å²) in [5.41, 5.74) is 17.6. The molecule has 0 aliphatic carbocycles. The average molecular weight is 2210 g/mol. The third kappa shape index (κ3) is 26.9. The minimum Gasteiger partial charge on any atom is -0.780 e. The molecule has 6 aliphatic heterocycles. The average Bonchev–Trinajstić information content (AvgIpc) is 1.60.